The van der Waals surface area contributed by atoms with Crippen LogP contribution in [0.25, 0.3) is 0 Å². The summed E-state index contributed by atoms with van der Waals surface area (Å²) in [6.07, 6.45) is 42.1. The zero-order valence-corrected chi connectivity index (χ0v) is 35.7. The van der Waals surface area contributed by atoms with Crippen molar-refractivity contribution in [1.82, 2.24) is 0 Å². The van der Waals surface area contributed by atoms with Crippen LogP contribution in [0, 0.1) is 0 Å². The molecule has 0 aliphatic heterocycles. The monoisotopic (exact) mass is 747 g/mol. The van der Waals surface area contributed by atoms with E-state index in [1.165, 1.54) is 193 Å². The molecule has 0 bridgehead atoms. The van der Waals surface area contributed by atoms with Crippen molar-refractivity contribution < 1.29 is 27.4 Å². The van der Waals surface area contributed by atoms with Crippen molar-refractivity contribution in [3.8, 4) is 0 Å². The Kier molecular flexibility index (Phi) is 40.8. The molecule has 0 saturated heterocycles. The summed E-state index contributed by atoms with van der Waals surface area (Å²) in [5.41, 5.74) is 0. The van der Waals surface area contributed by atoms with Crippen molar-refractivity contribution in [2.24, 2.45) is 0 Å². The first-order valence-corrected chi connectivity index (χ1v) is 24.2. The standard InChI is InChI=1S/C44H90O6S/c1-5-7-9-11-13-15-17-19-21-23-25-27-29-31-33-35-37-49-39-43(47-3)41-51(45,46)42-44(48-4)40-50-38-36-34-32-30-28-26-24-22-20-18-16-14-12-10-8-6-2/h43-44H,5-42H2,1-4H3. The summed E-state index contributed by atoms with van der Waals surface area (Å²) in [7, 11) is -0.237. The minimum atomic E-state index is -3.36. The van der Waals surface area contributed by atoms with Crippen molar-refractivity contribution in [2.75, 3.05) is 52.2 Å². The molecule has 0 heterocycles. The first-order chi connectivity index (χ1) is 25.0. The van der Waals surface area contributed by atoms with Crippen molar-refractivity contribution in [1.29, 1.82) is 0 Å². The highest BCUT2D eigenvalue weighted by Gasteiger charge is 2.24. The molecule has 2 atom stereocenters. The minimum absolute atomic E-state index is 0.0541. The maximum Gasteiger partial charge on any atom is 0.155 e. The van der Waals surface area contributed by atoms with Gasteiger partial charge in [0.15, 0.2) is 9.84 Å². The fourth-order valence-corrected chi connectivity index (χ4v) is 8.67. The van der Waals surface area contributed by atoms with Crippen molar-refractivity contribution in [3.63, 3.8) is 0 Å². The zero-order chi connectivity index (χ0) is 37.4. The van der Waals surface area contributed by atoms with Gasteiger partial charge in [0.1, 0.15) is 0 Å². The fourth-order valence-electron chi connectivity index (χ4n) is 6.94. The maximum atomic E-state index is 12.9. The number of ether oxygens (including phenoxy) is 4. The smallest absolute Gasteiger partial charge is 0.155 e. The fraction of sp³-hybridized carbons (Fsp3) is 1.00. The SMILES string of the molecule is CCCCCCCCCCCCCCCCCCOCC(CS(=O)(=O)CC(COCCCCCCCCCCCCCCCCCC)OC)OC. The van der Waals surface area contributed by atoms with Crippen LogP contribution in [0.15, 0.2) is 0 Å². The highest BCUT2D eigenvalue weighted by atomic mass is 32.2. The minimum Gasteiger partial charge on any atom is -0.379 e. The number of rotatable bonds is 44. The number of methoxy groups -OCH3 is 2. The Morgan fingerprint density at radius 1 is 0.353 bits per heavy atom. The third-order valence-electron chi connectivity index (χ3n) is 10.4. The lowest BCUT2D eigenvalue weighted by atomic mass is 10.0. The van der Waals surface area contributed by atoms with E-state index >= 15 is 0 Å². The van der Waals surface area contributed by atoms with E-state index in [2.05, 4.69) is 13.8 Å². The average Bonchev–Trinajstić information content (AvgIpc) is 3.12. The third kappa shape index (κ3) is 39.3. The van der Waals surface area contributed by atoms with Gasteiger partial charge in [-0.1, -0.05) is 206 Å². The lowest BCUT2D eigenvalue weighted by Crippen LogP contribution is -2.35. The molecule has 0 aromatic carbocycles. The van der Waals surface area contributed by atoms with Crippen LogP contribution in [0.3, 0.4) is 0 Å². The van der Waals surface area contributed by atoms with Crippen molar-refractivity contribution in [3.05, 3.63) is 0 Å². The molecule has 0 aliphatic carbocycles. The predicted octanol–water partition coefficient (Wildman–Crippen LogP) is 13.0. The highest BCUT2D eigenvalue weighted by Crippen LogP contribution is 2.16. The van der Waals surface area contributed by atoms with Gasteiger partial charge in [-0.3, -0.25) is 0 Å². The van der Waals surface area contributed by atoms with Gasteiger partial charge in [0, 0.05) is 27.4 Å². The number of hydrogen-bond acceptors (Lipinski definition) is 6. The summed E-state index contributed by atoms with van der Waals surface area (Å²) in [6.45, 7) is 6.50. The second-order valence-corrected chi connectivity index (χ2v) is 17.7. The van der Waals surface area contributed by atoms with Crippen LogP contribution < -0.4 is 0 Å². The van der Waals surface area contributed by atoms with E-state index in [9.17, 15) is 8.42 Å². The van der Waals surface area contributed by atoms with Gasteiger partial charge in [-0.2, -0.15) is 0 Å². The summed E-state index contributed by atoms with van der Waals surface area (Å²) >= 11 is 0. The van der Waals surface area contributed by atoms with Crippen LogP contribution >= 0.6 is 0 Å². The molecule has 0 spiro atoms. The molecule has 308 valence electrons. The molecular weight excluding hydrogens is 657 g/mol. The van der Waals surface area contributed by atoms with Crippen LogP contribution in [0.5, 0.6) is 0 Å². The van der Waals surface area contributed by atoms with Crippen LogP contribution in [-0.2, 0) is 28.8 Å². The van der Waals surface area contributed by atoms with Crippen LogP contribution in [-0.4, -0.2) is 72.8 Å². The molecule has 0 radical (unpaired) electrons. The van der Waals surface area contributed by atoms with E-state index in [4.69, 9.17) is 18.9 Å². The third-order valence-corrected chi connectivity index (χ3v) is 12.2. The summed E-state index contributed by atoms with van der Waals surface area (Å²) < 4.78 is 48.3. The second-order valence-electron chi connectivity index (χ2n) is 15.5. The van der Waals surface area contributed by atoms with E-state index in [1.807, 2.05) is 0 Å². The van der Waals surface area contributed by atoms with E-state index < -0.39 is 22.0 Å². The van der Waals surface area contributed by atoms with E-state index in [0.29, 0.717) is 26.4 Å². The molecule has 0 saturated carbocycles. The van der Waals surface area contributed by atoms with Gasteiger partial charge < -0.3 is 18.9 Å². The van der Waals surface area contributed by atoms with Crippen LogP contribution in [0.4, 0.5) is 0 Å². The predicted molar refractivity (Wildman–Crippen MR) is 221 cm³/mol. The molecule has 0 aromatic heterocycles. The molecular formula is C44H90O6S. The van der Waals surface area contributed by atoms with Gasteiger partial charge in [0.25, 0.3) is 0 Å². The topological polar surface area (TPSA) is 71.1 Å². The van der Waals surface area contributed by atoms with Gasteiger partial charge in [0.05, 0.1) is 36.9 Å². The average molecular weight is 747 g/mol. The Hall–Kier alpha value is -0.210. The Bertz CT molecular complexity index is 705. The second kappa shape index (κ2) is 41.0. The van der Waals surface area contributed by atoms with Crippen LogP contribution in [0.2, 0.25) is 0 Å². The normalized spacial score (nSPS) is 13.3. The molecule has 51 heavy (non-hydrogen) atoms. The first-order valence-electron chi connectivity index (χ1n) is 22.4. The summed E-state index contributed by atoms with van der Waals surface area (Å²) in [5, 5.41) is 0. The Morgan fingerprint density at radius 3 is 0.784 bits per heavy atom. The molecule has 2 unspecified atom stereocenters. The van der Waals surface area contributed by atoms with Crippen molar-refractivity contribution in [2.45, 2.75) is 232 Å². The number of sulfone groups is 1. The van der Waals surface area contributed by atoms with E-state index in [0.717, 1.165) is 12.8 Å². The molecule has 0 rings (SSSR count). The highest BCUT2D eigenvalue weighted by molar-refractivity contribution is 7.91. The lowest BCUT2D eigenvalue weighted by molar-refractivity contribution is 0.0154. The quantitative estimate of drug-likeness (QED) is 0.0578. The molecule has 6 nitrogen and oxygen atoms in total. The first kappa shape index (κ1) is 50.8. The number of hydrogen-bond donors (Lipinski definition) is 0. The Balaban J connectivity index is 3.68. The van der Waals surface area contributed by atoms with Gasteiger partial charge in [-0.25, -0.2) is 8.42 Å². The zero-order valence-electron chi connectivity index (χ0n) is 34.9. The van der Waals surface area contributed by atoms with Gasteiger partial charge in [-0.05, 0) is 12.8 Å². The Labute approximate surface area is 320 Å². The van der Waals surface area contributed by atoms with Crippen LogP contribution in [0.1, 0.15) is 219 Å². The molecule has 0 N–H and O–H groups in total. The maximum absolute atomic E-state index is 12.9. The largest absolute Gasteiger partial charge is 0.379 e. The number of unbranched alkanes of at least 4 members (excludes halogenated alkanes) is 30. The van der Waals surface area contributed by atoms with Gasteiger partial charge in [-0.15, -0.1) is 0 Å². The summed E-state index contributed by atoms with van der Waals surface area (Å²) in [6, 6.07) is 0. The van der Waals surface area contributed by atoms with Gasteiger partial charge >= 0.3 is 0 Å². The molecule has 0 aliphatic rings. The molecule has 0 aromatic rings. The summed E-state index contributed by atoms with van der Waals surface area (Å²) in [4.78, 5) is 0. The van der Waals surface area contributed by atoms with Crippen molar-refractivity contribution >= 4 is 9.84 Å². The van der Waals surface area contributed by atoms with E-state index in [1.54, 1.807) is 14.2 Å². The molecule has 0 fully saturated rings. The van der Waals surface area contributed by atoms with Gasteiger partial charge in [0.2, 0.25) is 0 Å². The molecule has 0 amide bonds. The Morgan fingerprint density at radius 2 is 0.569 bits per heavy atom. The lowest BCUT2D eigenvalue weighted by Gasteiger charge is -2.19. The van der Waals surface area contributed by atoms with E-state index in [-0.39, 0.29) is 11.5 Å². The molecule has 7 heteroatoms. The summed E-state index contributed by atoms with van der Waals surface area (Å²) in [5.74, 6) is -0.108.